The molecule has 0 aromatic heterocycles. The van der Waals surface area contributed by atoms with Crippen molar-refractivity contribution in [2.75, 3.05) is 0 Å². The van der Waals surface area contributed by atoms with Crippen LogP contribution in [0.2, 0.25) is 0 Å². The minimum atomic E-state index is -2.39. The number of benzene rings is 1. The molecule has 0 saturated carbocycles. The van der Waals surface area contributed by atoms with Crippen molar-refractivity contribution in [3.63, 3.8) is 0 Å². The van der Waals surface area contributed by atoms with E-state index in [-0.39, 0.29) is 16.4 Å². The molecule has 0 saturated heterocycles. The van der Waals surface area contributed by atoms with E-state index in [1.165, 1.54) is 6.07 Å². The molecule has 0 unspecified atom stereocenters. The van der Waals surface area contributed by atoms with E-state index in [4.69, 9.17) is 10.5 Å². The van der Waals surface area contributed by atoms with Crippen molar-refractivity contribution in [3.05, 3.63) is 29.3 Å². The number of aryl methyl sites for hydroxylation is 1. The first-order valence-corrected chi connectivity index (χ1v) is 5.71. The summed E-state index contributed by atoms with van der Waals surface area (Å²) in [6.07, 6.45) is 0.838. The SMILES string of the molecule is NC(=O)c1cccc2c1OC(=S(=O)=O)CC2. The Hall–Kier alpha value is -1.82. The molecular formula is C10H9NO4S. The van der Waals surface area contributed by atoms with Gasteiger partial charge in [-0.15, -0.1) is 0 Å². The molecule has 1 amide bonds. The van der Waals surface area contributed by atoms with Crippen molar-refractivity contribution >= 4 is 21.3 Å². The van der Waals surface area contributed by atoms with Gasteiger partial charge in [0, 0.05) is 6.42 Å². The molecule has 0 fully saturated rings. The fourth-order valence-corrected chi connectivity index (χ4v) is 2.04. The number of hydrogen-bond acceptors (Lipinski definition) is 4. The third kappa shape index (κ3) is 1.79. The quantitative estimate of drug-likeness (QED) is 0.705. The van der Waals surface area contributed by atoms with Gasteiger partial charge in [-0.1, -0.05) is 12.1 Å². The van der Waals surface area contributed by atoms with Gasteiger partial charge in [-0.25, -0.2) is 0 Å². The topological polar surface area (TPSA) is 86.5 Å². The van der Waals surface area contributed by atoms with Crippen molar-refractivity contribution in [2.45, 2.75) is 12.8 Å². The van der Waals surface area contributed by atoms with Crippen molar-refractivity contribution < 1.29 is 17.9 Å². The number of fused-ring (bicyclic) bond motifs is 1. The average Bonchev–Trinajstić information content (AvgIpc) is 2.27. The average molecular weight is 239 g/mol. The van der Waals surface area contributed by atoms with Crippen LogP contribution in [0.15, 0.2) is 18.2 Å². The normalized spacial score (nSPS) is 13.9. The van der Waals surface area contributed by atoms with E-state index < -0.39 is 16.2 Å². The summed E-state index contributed by atoms with van der Waals surface area (Å²) in [5, 5.41) is -0.0544. The molecule has 1 heterocycles. The molecular weight excluding hydrogens is 230 g/mol. The predicted molar refractivity (Wildman–Crippen MR) is 57.8 cm³/mol. The van der Waals surface area contributed by atoms with E-state index in [1.54, 1.807) is 12.1 Å². The van der Waals surface area contributed by atoms with Crippen LogP contribution in [0.4, 0.5) is 0 Å². The van der Waals surface area contributed by atoms with Crippen LogP contribution in [0.1, 0.15) is 22.3 Å². The number of carbonyl (C=O) groups excluding carboxylic acids is 1. The maximum absolute atomic E-state index is 11.1. The molecule has 0 aliphatic carbocycles. The maximum Gasteiger partial charge on any atom is 0.253 e. The molecule has 0 atom stereocenters. The van der Waals surface area contributed by atoms with Crippen LogP contribution >= 0.6 is 0 Å². The highest BCUT2D eigenvalue weighted by atomic mass is 32.2. The van der Waals surface area contributed by atoms with Crippen LogP contribution in [0.25, 0.3) is 0 Å². The maximum atomic E-state index is 11.1. The van der Waals surface area contributed by atoms with Gasteiger partial charge in [0.1, 0.15) is 5.75 Å². The van der Waals surface area contributed by atoms with E-state index in [1.807, 2.05) is 0 Å². The van der Waals surface area contributed by atoms with E-state index in [9.17, 15) is 13.2 Å². The number of ether oxygens (including phenoxy) is 1. The second kappa shape index (κ2) is 3.97. The second-order valence-corrected chi connectivity index (χ2v) is 4.29. The number of para-hydroxylation sites is 1. The summed E-state index contributed by atoms with van der Waals surface area (Å²) in [6, 6.07) is 4.99. The zero-order valence-electron chi connectivity index (χ0n) is 8.26. The lowest BCUT2D eigenvalue weighted by Crippen LogP contribution is -2.21. The van der Waals surface area contributed by atoms with Gasteiger partial charge in [0.25, 0.3) is 16.2 Å². The molecule has 16 heavy (non-hydrogen) atoms. The third-order valence-electron chi connectivity index (χ3n) is 2.36. The number of hydrogen-bond donors (Lipinski definition) is 1. The number of nitrogens with two attached hydrogens (primary N) is 1. The Labute approximate surface area is 93.4 Å². The predicted octanol–water partition coefficient (Wildman–Crippen LogP) is 0.119. The summed E-state index contributed by atoms with van der Waals surface area (Å²) in [5.74, 6) is -0.366. The smallest absolute Gasteiger partial charge is 0.253 e. The summed E-state index contributed by atoms with van der Waals surface area (Å²) in [6.45, 7) is 0. The summed E-state index contributed by atoms with van der Waals surface area (Å²) in [7, 11) is -2.39. The lowest BCUT2D eigenvalue weighted by atomic mass is 10.0. The molecule has 1 aliphatic rings. The van der Waals surface area contributed by atoms with Crippen LogP contribution in [0.3, 0.4) is 0 Å². The van der Waals surface area contributed by atoms with Crippen LogP contribution in [-0.4, -0.2) is 19.4 Å². The lowest BCUT2D eigenvalue weighted by molar-refractivity contribution is 0.0998. The Balaban J connectivity index is 2.58. The van der Waals surface area contributed by atoms with Crippen LogP contribution < -0.4 is 10.5 Å². The Morgan fingerprint density at radius 2 is 2.06 bits per heavy atom. The molecule has 0 radical (unpaired) electrons. The van der Waals surface area contributed by atoms with Gasteiger partial charge in [0.2, 0.25) is 5.05 Å². The minimum Gasteiger partial charge on any atom is -0.444 e. The largest absolute Gasteiger partial charge is 0.444 e. The van der Waals surface area contributed by atoms with Gasteiger partial charge in [0.05, 0.1) is 5.56 Å². The first-order chi connectivity index (χ1) is 7.59. The van der Waals surface area contributed by atoms with Crippen molar-refractivity contribution in [2.24, 2.45) is 5.73 Å². The Morgan fingerprint density at radius 3 is 2.69 bits per heavy atom. The highest BCUT2D eigenvalue weighted by Crippen LogP contribution is 2.29. The molecule has 6 heteroatoms. The van der Waals surface area contributed by atoms with Crippen LogP contribution in [0, 0.1) is 0 Å². The standard InChI is InChI=1S/C10H9NO4S/c11-10(12)7-3-1-2-6-4-5-8(16(13)14)15-9(6)7/h1-3H,4-5H2,(H2,11,12). The molecule has 2 N–H and O–H groups in total. The second-order valence-electron chi connectivity index (χ2n) is 3.37. The minimum absolute atomic E-state index is 0.0544. The van der Waals surface area contributed by atoms with Gasteiger partial charge in [-0.05, 0) is 18.1 Å². The third-order valence-corrected chi connectivity index (χ3v) is 3.02. The Morgan fingerprint density at radius 1 is 1.31 bits per heavy atom. The summed E-state index contributed by atoms with van der Waals surface area (Å²) >= 11 is 0. The highest BCUT2D eigenvalue weighted by molar-refractivity contribution is 7.72. The number of carbonyl (C=O) groups is 1. The van der Waals surface area contributed by atoms with E-state index in [2.05, 4.69) is 0 Å². The fourth-order valence-electron chi connectivity index (χ4n) is 1.62. The van der Waals surface area contributed by atoms with Gasteiger partial charge >= 0.3 is 0 Å². The highest BCUT2D eigenvalue weighted by Gasteiger charge is 2.21. The molecule has 1 aromatic carbocycles. The first-order valence-electron chi connectivity index (χ1n) is 4.64. The monoisotopic (exact) mass is 239 g/mol. The molecule has 2 rings (SSSR count). The Kier molecular flexibility index (Phi) is 2.66. The first kappa shape index (κ1) is 10.7. The van der Waals surface area contributed by atoms with Crippen molar-refractivity contribution in [3.8, 4) is 5.75 Å². The van der Waals surface area contributed by atoms with Crippen molar-refractivity contribution in [1.29, 1.82) is 0 Å². The van der Waals surface area contributed by atoms with E-state index in [0.29, 0.717) is 12.8 Å². The molecule has 0 spiro atoms. The number of rotatable bonds is 1. The summed E-state index contributed by atoms with van der Waals surface area (Å²) < 4.78 is 26.7. The van der Waals surface area contributed by atoms with Crippen LogP contribution in [0.5, 0.6) is 5.75 Å². The van der Waals surface area contributed by atoms with Gasteiger partial charge < -0.3 is 10.5 Å². The number of primary amides is 1. The van der Waals surface area contributed by atoms with Crippen molar-refractivity contribution in [1.82, 2.24) is 0 Å². The molecule has 1 aromatic rings. The molecule has 0 bridgehead atoms. The van der Waals surface area contributed by atoms with Gasteiger partial charge in [0.15, 0.2) is 0 Å². The Bertz CT molecular complexity index is 581. The molecule has 1 aliphatic heterocycles. The summed E-state index contributed by atoms with van der Waals surface area (Å²) in [4.78, 5) is 11.1. The van der Waals surface area contributed by atoms with E-state index >= 15 is 0 Å². The van der Waals surface area contributed by atoms with Gasteiger partial charge in [-0.2, -0.15) is 8.42 Å². The zero-order valence-corrected chi connectivity index (χ0v) is 9.08. The lowest BCUT2D eigenvalue weighted by Gasteiger charge is -2.18. The zero-order chi connectivity index (χ0) is 11.7. The number of amides is 1. The summed E-state index contributed by atoms with van der Waals surface area (Å²) in [5.41, 5.74) is 6.18. The van der Waals surface area contributed by atoms with Gasteiger partial charge in [-0.3, -0.25) is 4.79 Å². The van der Waals surface area contributed by atoms with Crippen LogP contribution in [-0.2, 0) is 16.7 Å². The van der Waals surface area contributed by atoms with E-state index in [0.717, 1.165) is 5.56 Å². The molecule has 84 valence electrons. The molecule has 5 nitrogen and oxygen atoms in total. The fraction of sp³-hybridized carbons (Fsp3) is 0.200.